The summed E-state index contributed by atoms with van der Waals surface area (Å²) in [5, 5.41) is 3.50. The molecule has 164 valence electrons. The zero-order valence-electron chi connectivity index (χ0n) is 17.8. The molecule has 0 spiro atoms. The number of carbonyl (C=O) groups is 1. The van der Waals surface area contributed by atoms with Crippen molar-refractivity contribution in [3.05, 3.63) is 45.2 Å². The summed E-state index contributed by atoms with van der Waals surface area (Å²) in [5.41, 5.74) is 0.832. The number of hydrogen-bond donors (Lipinski definition) is 1. The van der Waals surface area contributed by atoms with Crippen molar-refractivity contribution in [3.63, 3.8) is 0 Å². The Hall–Kier alpha value is -2.19. The van der Waals surface area contributed by atoms with Crippen LogP contribution < -0.4 is 10.9 Å². The molecule has 2 aliphatic rings. The van der Waals surface area contributed by atoms with Gasteiger partial charge >= 0.3 is 0 Å². The first-order valence-electron chi connectivity index (χ1n) is 11.1. The Balaban J connectivity index is 1.70. The fourth-order valence-corrected chi connectivity index (χ4v) is 5.42. The van der Waals surface area contributed by atoms with E-state index in [1.165, 1.54) is 35.4 Å². The molecule has 1 N–H and O–H groups in total. The van der Waals surface area contributed by atoms with Gasteiger partial charge < -0.3 is 5.32 Å². The Labute approximate surface area is 192 Å². The summed E-state index contributed by atoms with van der Waals surface area (Å²) in [7, 11) is 0. The Morgan fingerprint density at radius 1 is 1.23 bits per heavy atom. The molecule has 1 amide bonds. The number of nitrogens with zero attached hydrogens (tertiary/aromatic N) is 3. The van der Waals surface area contributed by atoms with Crippen LogP contribution in [0.4, 0.5) is 5.82 Å². The van der Waals surface area contributed by atoms with E-state index in [0.717, 1.165) is 32.1 Å². The number of fused-ring (bicyclic) bond motifs is 1. The minimum absolute atomic E-state index is 0.118. The fourth-order valence-electron chi connectivity index (χ4n) is 4.13. The first-order valence-corrected chi connectivity index (χ1v) is 12.3. The van der Waals surface area contributed by atoms with Crippen molar-refractivity contribution >= 4 is 51.7 Å². The first-order chi connectivity index (χ1) is 15.1. The molecule has 2 aromatic heterocycles. The molecule has 4 rings (SSSR count). The summed E-state index contributed by atoms with van der Waals surface area (Å²) in [6, 6.07) is 5.79. The summed E-state index contributed by atoms with van der Waals surface area (Å²) in [6.45, 7) is 2.75. The zero-order chi connectivity index (χ0) is 21.8. The number of thiocarbonyl (C=S) groups is 1. The molecule has 8 heteroatoms. The lowest BCUT2D eigenvalue weighted by Gasteiger charge is -2.24. The highest BCUT2D eigenvalue weighted by molar-refractivity contribution is 8.26. The second kappa shape index (κ2) is 9.96. The molecule has 1 saturated heterocycles. The van der Waals surface area contributed by atoms with Gasteiger partial charge in [0.15, 0.2) is 0 Å². The van der Waals surface area contributed by atoms with Gasteiger partial charge in [0, 0.05) is 18.8 Å². The summed E-state index contributed by atoms with van der Waals surface area (Å²) in [5.74, 6) is 0.437. The highest BCUT2D eigenvalue weighted by Crippen LogP contribution is 2.33. The number of carbonyl (C=O) groups excluding carboxylic acids is 1. The summed E-state index contributed by atoms with van der Waals surface area (Å²) >= 11 is 6.72. The molecule has 0 radical (unpaired) electrons. The van der Waals surface area contributed by atoms with E-state index in [-0.39, 0.29) is 11.5 Å². The molecule has 0 aromatic carbocycles. The van der Waals surface area contributed by atoms with Crippen LogP contribution in [-0.4, -0.2) is 37.1 Å². The van der Waals surface area contributed by atoms with Crippen LogP contribution >= 0.6 is 24.0 Å². The minimum atomic E-state index is -0.180. The molecule has 6 nitrogen and oxygen atoms in total. The van der Waals surface area contributed by atoms with Crippen molar-refractivity contribution in [2.45, 2.75) is 64.3 Å². The highest BCUT2D eigenvalue weighted by atomic mass is 32.2. The highest BCUT2D eigenvalue weighted by Gasteiger charge is 2.32. The van der Waals surface area contributed by atoms with Gasteiger partial charge in [-0.05, 0) is 37.5 Å². The molecule has 1 aliphatic carbocycles. The van der Waals surface area contributed by atoms with E-state index in [2.05, 4.69) is 12.2 Å². The summed E-state index contributed by atoms with van der Waals surface area (Å²) in [4.78, 5) is 33.2. The van der Waals surface area contributed by atoms with Crippen molar-refractivity contribution in [1.29, 1.82) is 0 Å². The number of amides is 1. The molecule has 2 aromatic rings. The third-order valence-corrected chi connectivity index (χ3v) is 7.23. The number of aromatic nitrogens is 2. The van der Waals surface area contributed by atoms with Gasteiger partial charge in [-0.15, -0.1) is 0 Å². The van der Waals surface area contributed by atoms with Gasteiger partial charge in [-0.2, -0.15) is 0 Å². The van der Waals surface area contributed by atoms with Crippen molar-refractivity contribution in [2.24, 2.45) is 0 Å². The van der Waals surface area contributed by atoms with E-state index in [1.807, 2.05) is 12.1 Å². The lowest BCUT2D eigenvalue weighted by molar-refractivity contribution is -0.122. The Bertz CT molecular complexity index is 1070. The van der Waals surface area contributed by atoms with E-state index in [9.17, 15) is 9.59 Å². The number of hydrogen-bond acceptors (Lipinski definition) is 6. The zero-order valence-corrected chi connectivity index (χ0v) is 19.4. The maximum Gasteiger partial charge on any atom is 0.267 e. The molecule has 0 bridgehead atoms. The van der Waals surface area contributed by atoms with Crippen LogP contribution in [0.2, 0.25) is 0 Å². The van der Waals surface area contributed by atoms with E-state index >= 15 is 0 Å². The predicted molar refractivity (Wildman–Crippen MR) is 131 cm³/mol. The second-order valence-electron chi connectivity index (χ2n) is 8.13. The lowest BCUT2D eigenvalue weighted by atomic mass is 9.95. The van der Waals surface area contributed by atoms with Crippen molar-refractivity contribution < 1.29 is 4.79 Å². The number of rotatable bonds is 7. The second-order valence-corrected chi connectivity index (χ2v) is 9.80. The average Bonchev–Trinajstić information content (AvgIpc) is 3.04. The fraction of sp³-hybridized carbons (Fsp3) is 0.478. The van der Waals surface area contributed by atoms with Gasteiger partial charge in [-0.1, -0.05) is 69.1 Å². The Morgan fingerprint density at radius 3 is 2.81 bits per heavy atom. The monoisotopic (exact) mass is 456 g/mol. The number of pyridine rings is 1. The number of anilines is 1. The van der Waals surface area contributed by atoms with Gasteiger partial charge in [0.1, 0.15) is 15.8 Å². The van der Waals surface area contributed by atoms with Crippen LogP contribution in [0.15, 0.2) is 34.1 Å². The van der Waals surface area contributed by atoms with E-state index < -0.39 is 0 Å². The van der Waals surface area contributed by atoms with E-state index in [4.69, 9.17) is 17.2 Å². The van der Waals surface area contributed by atoms with E-state index in [1.54, 1.807) is 23.2 Å². The molecular formula is C23H28N4O2S2. The number of thioether (sulfide) groups is 1. The third kappa shape index (κ3) is 4.85. The summed E-state index contributed by atoms with van der Waals surface area (Å²) in [6.07, 6.45) is 12.2. The SMILES string of the molecule is CCCCCN1C(=O)C(=Cc2c(NC3CCCCC3)nc3ccccn3c2=O)SC1=S. The van der Waals surface area contributed by atoms with E-state index in [0.29, 0.717) is 38.8 Å². The van der Waals surface area contributed by atoms with Crippen molar-refractivity contribution in [3.8, 4) is 0 Å². The average molecular weight is 457 g/mol. The predicted octanol–water partition coefficient (Wildman–Crippen LogP) is 4.83. The summed E-state index contributed by atoms with van der Waals surface area (Å²) < 4.78 is 2.09. The first kappa shape index (κ1) is 22.0. The molecule has 1 aliphatic heterocycles. The van der Waals surface area contributed by atoms with Crippen LogP contribution in [-0.2, 0) is 4.79 Å². The smallest absolute Gasteiger partial charge is 0.267 e. The van der Waals surface area contributed by atoms with Crippen LogP contribution in [0.25, 0.3) is 11.7 Å². The van der Waals surface area contributed by atoms with Crippen LogP contribution in [0.3, 0.4) is 0 Å². The van der Waals surface area contributed by atoms with Gasteiger partial charge in [0.2, 0.25) is 0 Å². The lowest BCUT2D eigenvalue weighted by Crippen LogP contribution is -2.29. The molecule has 0 unspecified atom stereocenters. The Morgan fingerprint density at radius 2 is 2.03 bits per heavy atom. The molecule has 2 fully saturated rings. The van der Waals surface area contributed by atoms with Gasteiger partial charge in [-0.3, -0.25) is 18.9 Å². The van der Waals surface area contributed by atoms with Crippen molar-refractivity contribution in [2.75, 3.05) is 11.9 Å². The maximum absolute atomic E-state index is 13.3. The topological polar surface area (TPSA) is 66.7 Å². The Kier molecular flexibility index (Phi) is 7.07. The standard InChI is InChI=1S/C23H28N4O2S2/c1-2-3-8-14-27-22(29)18(31-23(27)30)15-17-20(24-16-10-5-4-6-11-16)25-19-12-7-9-13-26(19)21(17)28/h7,9,12-13,15-16,24H,2-6,8,10-11,14H2,1H3. The van der Waals surface area contributed by atoms with Crippen LogP contribution in [0, 0.1) is 0 Å². The number of nitrogens with one attached hydrogen (secondary N) is 1. The van der Waals surface area contributed by atoms with Gasteiger partial charge in [-0.25, -0.2) is 4.98 Å². The van der Waals surface area contributed by atoms with Crippen LogP contribution in [0.1, 0.15) is 63.9 Å². The molecule has 0 atom stereocenters. The normalized spacial score (nSPS) is 19.0. The van der Waals surface area contributed by atoms with Gasteiger partial charge in [0.05, 0.1) is 10.5 Å². The largest absolute Gasteiger partial charge is 0.367 e. The van der Waals surface area contributed by atoms with Crippen molar-refractivity contribution in [1.82, 2.24) is 14.3 Å². The number of unbranched alkanes of at least 4 members (excludes halogenated alkanes) is 2. The maximum atomic E-state index is 13.3. The van der Waals surface area contributed by atoms with Crippen LogP contribution in [0.5, 0.6) is 0 Å². The molecule has 3 heterocycles. The quantitative estimate of drug-likeness (QED) is 0.366. The molecule has 31 heavy (non-hydrogen) atoms. The third-order valence-electron chi connectivity index (χ3n) is 5.85. The molecular weight excluding hydrogens is 428 g/mol. The molecule has 1 saturated carbocycles. The minimum Gasteiger partial charge on any atom is -0.367 e. The van der Waals surface area contributed by atoms with Gasteiger partial charge in [0.25, 0.3) is 11.5 Å².